The summed E-state index contributed by atoms with van der Waals surface area (Å²) in [6, 6.07) is 7.46. The summed E-state index contributed by atoms with van der Waals surface area (Å²) in [4.78, 5) is 11.5. The minimum Gasteiger partial charge on any atom is -0.497 e. The number of carbonyl (C=O) groups is 1. The van der Waals surface area contributed by atoms with Crippen molar-refractivity contribution in [2.24, 2.45) is 11.8 Å². The molecule has 1 saturated carbocycles. The van der Waals surface area contributed by atoms with Crippen LogP contribution in [0.3, 0.4) is 0 Å². The Morgan fingerprint density at radius 1 is 1.30 bits per heavy atom. The highest BCUT2D eigenvalue weighted by Crippen LogP contribution is 2.32. The zero-order valence-corrected chi connectivity index (χ0v) is 11.8. The van der Waals surface area contributed by atoms with Gasteiger partial charge < -0.3 is 14.9 Å². The Morgan fingerprint density at radius 2 is 1.95 bits per heavy atom. The molecule has 0 radical (unpaired) electrons. The highest BCUT2D eigenvalue weighted by atomic mass is 16.5. The van der Waals surface area contributed by atoms with E-state index in [1.807, 2.05) is 24.3 Å². The number of carboxylic acid groups (broad SMARTS) is 1. The summed E-state index contributed by atoms with van der Waals surface area (Å²) in [6.07, 6.45) is 3.50. The number of benzene rings is 1. The van der Waals surface area contributed by atoms with Crippen LogP contribution in [0.2, 0.25) is 0 Å². The first-order chi connectivity index (χ1) is 9.61. The van der Waals surface area contributed by atoms with Crippen LogP contribution >= 0.6 is 0 Å². The van der Waals surface area contributed by atoms with Gasteiger partial charge in [-0.2, -0.15) is 0 Å². The summed E-state index contributed by atoms with van der Waals surface area (Å²) < 4.78 is 5.10. The third kappa shape index (κ3) is 3.51. The van der Waals surface area contributed by atoms with E-state index in [4.69, 9.17) is 4.74 Å². The molecule has 3 atom stereocenters. The Hall–Kier alpha value is -1.55. The van der Waals surface area contributed by atoms with Gasteiger partial charge in [0.25, 0.3) is 0 Å². The summed E-state index contributed by atoms with van der Waals surface area (Å²) >= 11 is 0. The van der Waals surface area contributed by atoms with E-state index in [9.17, 15) is 15.0 Å². The van der Waals surface area contributed by atoms with E-state index >= 15 is 0 Å². The lowest BCUT2D eigenvalue weighted by Gasteiger charge is -2.32. The van der Waals surface area contributed by atoms with Crippen LogP contribution in [0, 0.1) is 11.8 Å². The van der Waals surface area contributed by atoms with Crippen molar-refractivity contribution in [3.05, 3.63) is 29.8 Å². The van der Waals surface area contributed by atoms with Crippen LogP contribution in [-0.2, 0) is 11.2 Å². The number of hydrogen-bond donors (Lipinski definition) is 2. The maximum absolute atomic E-state index is 11.5. The van der Waals surface area contributed by atoms with Crippen molar-refractivity contribution in [1.82, 2.24) is 0 Å². The molecule has 2 N–H and O–H groups in total. The molecule has 0 aromatic heterocycles. The van der Waals surface area contributed by atoms with Gasteiger partial charge in [-0.3, -0.25) is 4.79 Å². The molecular formula is C16H22O4. The molecule has 1 fully saturated rings. The van der Waals surface area contributed by atoms with Crippen LogP contribution in [0.4, 0.5) is 0 Å². The molecule has 0 spiro atoms. The number of aliphatic carboxylic acids is 1. The summed E-state index contributed by atoms with van der Waals surface area (Å²) in [6.45, 7) is 0. The van der Waals surface area contributed by atoms with Gasteiger partial charge in [0.1, 0.15) is 5.75 Å². The predicted molar refractivity (Wildman–Crippen MR) is 75.8 cm³/mol. The van der Waals surface area contributed by atoms with Gasteiger partial charge in [-0.1, -0.05) is 25.0 Å². The molecule has 20 heavy (non-hydrogen) atoms. The van der Waals surface area contributed by atoms with Gasteiger partial charge in [0.05, 0.1) is 19.1 Å². The second-order valence-electron chi connectivity index (χ2n) is 5.51. The monoisotopic (exact) mass is 278 g/mol. The molecule has 3 unspecified atom stereocenters. The molecule has 1 aromatic rings. The van der Waals surface area contributed by atoms with Crippen molar-refractivity contribution in [2.75, 3.05) is 7.11 Å². The normalized spacial score (nSPS) is 24.1. The number of carboxylic acids is 1. The van der Waals surface area contributed by atoms with Gasteiger partial charge >= 0.3 is 5.97 Å². The van der Waals surface area contributed by atoms with E-state index in [1.54, 1.807) is 7.11 Å². The summed E-state index contributed by atoms with van der Waals surface area (Å²) in [5, 5.41) is 19.5. The van der Waals surface area contributed by atoms with Crippen LogP contribution in [0.5, 0.6) is 5.75 Å². The topological polar surface area (TPSA) is 66.8 Å². The second-order valence-corrected chi connectivity index (χ2v) is 5.51. The lowest BCUT2D eigenvalue weighted by Crippen LogP contribution is -2.36. The van der Waals surface area contributed by atoms with Gasteiger partial charge in [-0.25, -0.2) is 0 Å². The van der Waals surface area contributed by atoms with Crippen molar-refractivity contribution >= 4 is 5.97 Å². The van der Waals surface area contributed by atoms with Crippen LogP contribution < -0.4 is 4.74 Å². The Balaban J connectivity index is 2.10. The summed E-state index contributed by atoms with van der Waals surface area (Å²) in [7, 11) is 1.60. The van der Waals surface area contributed by atoms with E-state index in [1.165, 1.54) is 0 Å². The molecule has 0 bridgehead atoms. The molecule has 0 aliphatic heterocycles. The van der Waals surface area contributed by atoms with Gasteiger partial charge in [0.15, 0.2) is 0 Å². The van der Waals surface area contributed by atoms with E-state index in [-0.39, 0.29) is 5.92 Å². The zero-order chi connectivity index (χ0) is 14.5. The number of rotatable bonds is 5. The molecule has 0 amide bonds. The molecule has 1 aliphatic carbocycles. The van der Waals surface area contributed by atoms with Crippen molar-refractivity contribution in [3.63, 3.8) is 0 Å². The smallest absolute Gasteiger partial charge is 0.307 e. The maximum atomic E-state index is 11.5. The molecule has 1 aliphatic rings. The third-order valence-corrected chi connectivity index (χ3v) is 4.23. The lowest BCUT2D eigenvalue weighted by molar-refractivity contribution is -0.146. The van der Waals surface area contributed by atoms with Crippen LogP contribution in [0.25, 0.3) is 0 Å². The Kier molecular flexibility index (Phi) is 5.01. The van der Waals surface area contributed by atoms with Crippen molar-refractivity contribution in [3.8, 4) is 5.75 Å². The van der Waals surface area contributed by atoms with Gasteiger partial charge in [-0.15, -0.1) is 0 Å². The van der Waals surface area contributed by atoms with E-state index in [2.05, 4.69) is 0 Å². The van der Waals surface area contributed by atoms with Gasteiger partial charge in [0, 0.05) is 0 Å². The first-order valence-electron chi connectivity index (χ1n) is 7.15. The fourth-order valence-electron chi connectivity index (χ4n) is 3.05. The average Bonchev–Trinajstić information content (AvgIpc) is 2.46. The average molecular weight is 278 g/mol. The SMILES string of the molecule is COc1ccc(CC(C(=O)O)C2CCCCC2O)cc1. The first-order valence-corrected chi connectivity index (χ1v) is 7.15. The number of ether oxygens (including phenoxy) is 1. The first kappa shape index (κ1) is 14.9. The molecule has 110 valence electrons. The number of aliphatic hydroxyl groups is 1. The zero-order valence-electron chi connectivity index (χ0n) is 11.8. The molecule has 1 aromatic carbocycles. The molecule has 0 heterocycles. The van der Waals surface area contributed by atoms with Crippen LogP contribution in [-0.4, -0.2) is 29.4 Å². The quantitative estimate of drug-likeness (QED) is 0.868. The largest absolute Gasteiger partial charge is 0.497 e. The second kappa shape index (κ2) is 6.75. The number of methoxy groups -OCH3 is 1. The Morgan fingerprint density at radius 3 is 2.50 bits per heavy atom. The lowest BCUT2D eigenvalue weighted by atomic mass is 9.75. The van der Waals surface area contributed by atoms with Crippen molar-refractivity contribution in [2.45, 2.75) is 38.2 Å². The molecule has 0 saturated heterocycles. The van der Waals surface area contributed by atoms with E-state index < -0.39 is 18.0 Å². The summed E-state index contributed by atoms with van der Waals surface area (Å²) in [5.74, 6) is -0.702. The maximum Gasteiger partial charge on any atom is 0.307 e. The fraction of sp³-hybridized carbons (Fsp3) is 0.562. The van der Waals surface area contributed by atoms with E-state index in [0.29, 0.717) is 6.42 Å². The number of aliphatic hydroxyl groups excluding tert-OH is 1. The van der Waals surface area contributed by atoms with Crippen LogP contribution in [0.1, 0.15) is 31.2 Å². The Labute approximate surface area is 119 Å². The highest BCUT2D eigenvalue weighted by Gasteiger charge is 2.34. The highest BCUT2D eigenvalue weighted by molar-refractivity contribution is 5.71. The van der Waals surface area contributed by atoms with E-state index in [0.717, 1.165) is 37.0 Å². The fourth-order valence-corrected chi connectivity index (χ4v) is 3.05. The van der Waals surface area contributed by atoms with Gasteiger partial charge in [-0.05, 0) is 42.9 Å². The Bertz CT molecular complexity index is 440. The van der Waals surface area contributed by atoms with Crippen molar-refractivity contribution in [1.29, 1.82) is 0 Å². The third-order valence-electron chi connectivity index (χ3n) is 4.23. The minimum atomic E-state index is -0.813. The standard InChI is InChI=1S/C16H22O4/c1-20-12-8-6-11(7-9-12)10-14(16(18)19)13-4-2-3-5-15(13)17/h6-9,13-15,17H,2-5,10H2,1H3,(H,18,19). The predicted octanol–water partition coefficient (Wildman–Crippen LogP) is 2.49. The van der Waals surface area contributed by atoms with Crippen LogP contribution in [0.15, 0.2) is 24.3 Å². The summed E-state index contributed by atoms with van der Waals surface area (Å²) in [5.41, 5.74) is 0.968. The van der Waals surface area contributed by atoms with Crippen molar-refractivity contribution < 1.29 is 19.7 Å². The minimum absolute atomic E-state index is 0.136. The molecule has 2 rings (SSSR count). The number of hydrogen-bond acceptors (Lipinski definition) is 3. The molecule has 4 nitrogen and oxygen atoms in total. The van der Waals surface area contributed by atoms with Gasteiger partial charge in [0.2, 0.25) is 0 Å². The molecule has 4 heteroatoms. The molecular weight excluding hydrogens is 256 g/mol.